The number of nitrogens with zero attached hydrogens (tertiary/aromatic N) is 2. The first-order chi connectivity index (χ1) is 12.4. The van der Waals surface area contributed by atoms with Gasteiger partial charge >= 0.3 is 0 Å². The molecule has 1 heterocycles. The van der Waals surface area contributed by atoms with Crippen molar-refractivity contribution in [3.8, 4) is 5.69 Å². The summed E-state index contributed by atoms with van der Waals surface area (Å²) in [4.78, 5) is 36.9. The Morgan fingerprint density at radius 1 is 1.12 bits per heavy atom. The van der Waals surface area contributed by atoms with E-state index in [1.54, 1.807) is 30.8 Å². The van der Waals surface area contributed by atoms with E-state index in [0.29, 0.717) is 24.2 Å². The van der Waals surface area contributed by atoms with Gasteiger partial charge in [0.15, 0.2) is 0 Å². The first-order valence-electron chi connectivity index (χ1n) is 8.77. The fourth-order valence-electron chi connectivity index (χ4n) is 3.65. The second kappa shape index (κ2) is 7.19. The molecule has 26 heavy (non-hydrogen) atoms. The number of carboxylic acid groups (broad SMARTS) is 1. The Hall–Kier alpha value is -2.83. The van der Waals surface area contributed by atoms with Gasteiger partial charge in [0, 0.05) is 24.9 Å². The van der Waals surface area contributed by atoms with Crippen molar-refractivity contribution >= 4 is 17.6 Å². The second-order valence-electron chi connectivity index (χ2n) is 6.74. The minimum Gasteiger partial charge on any atom is -0.550 e. The molecule has 0 spiro atoms. The van der Waals surface area contributed by atoms with Gasteiger partial charge in [-0.15, -0.1) is 0 Å². The Labute approximate surface area is 151 Å². The molecule has 0 radical (unpaired) electrons. The fourth-order valence-corrected chi connectivity index (χ4v) is 3.65. The summed E-state index contributed by atoms with van der Waals surface area (Å²) in [5, 5.41) is 14.0. The number of carbonyl (C=O) groups excluding carboxylic acids is 2. The summed E-state index contributed by atoms with van der Waals surface area (Å²) in [5.41, 5.74) is 1.14. The number of para-hydroxylation sites is 1. The van der Waals surface area contributed by atoms with Gasteiger partial charge in [-0.05, 0) is 31.9 Å². The van der Waals surface area contributed by atoms with Gasteiger partial charge in [-0.2, -0.15) is 0 Å². The maximum absolute atomic E-state index is 12.8. The molecule has 0 bridgehead atoms. The molecule has 1 fully saturated rings. The molecule has 1 saturated carbocycles. The summed E-state index contributed by atoms with van der Waals surface area (Å²) in [5.74, 6) is -3.09. The molecule has 1 aromatic heterocycles. The highest BCUT2D eigenvalue weighted by atomic mass is 16.4. The zero-order valence-corrected chi connectivity index (χ0v) is 14.9. The number of aromatic nitrogens is 2. The predicted octanol–water partition coefficient (Wildman–Crippen LogP) is 0.979. The number of hydrogen-bond acceptors (Lipinski definition) is 4. The third kappa shape index (κ3) is 3.16. The third-order valence-electron chi connectivity index (χ3n) is 5.21. The summed E-state index contributed by atoms with van der Waals surface area (Å²) in [6.07, 6.45) is 2.49. The molecule has 3 rings (SSSR count). The number of aliphatic carboxylic acids is 1. The van der Waals surface area contributed by atoms with E-state index in [4.69, 9.17) is 0 Å². The van der Waals surface area contributed by atoms with Crippen LogP contribution in [0, 0.1) is 18.8 Å². The monoisotopic (exact) mass is 356 g/mol. The van der Waals surface area contributed by atoms with Crippen LogP contribution in [0.15, 0.2) is 35.1 Å². The normalized spacial score (nSPS) is 19.9. The molecule has 2 atom stereocenters. The molecule has 1 aromatic carbocycles. The van der Waals surface area contributed by atoms with Crippen molar-refractivity contribution < 1.29 is 14.7 Å². The Morgan fingerprint density at radius 3 is 2.35 bits per heavy atom. The van der Waals surface area contributed by atoms with Crippen molar-refractivity contribution in [2.75, 3.05) is 5.32 Å². The van der Waals surface area contributed by atoms with E-state index in [1.165, 1.54) is 4.68 Å². The molecule has 138 valence electrons. The van der Waals surface area contributed by atoms with E-state index < -0.39 is 23.7 Å². The average molecular weight is 356 g/mol. The number of anilines is 1. The quantitative estimate of drug-likeness (QED) is 0.883. The minimum atomic E-state index is -1.20. The lowest BCUT2D eigenvalue weighted by atomic mass is 9.78. The lowest BCUT2D eigenvalue weighted by Gasteiger charge is -2.30. The Balaban J connectivity index is 1.92. The van der Waals surface area contributed by atoms with Crippen molar-refractivity contribution in [1.29, 1.82) is 0 Å². The van der Waals surface area contributed by atoms with E-state index >= 15 is 0 Å². The molecule has 0 saturated heterocycles. The standard InChI is InChI=1S/C19H23N3O4/c1-12-16(18(24)22(21(12)2)13-8-4-3-5-9-13)20-17(23)14-10-6-7-11-15(14)19(25)26/h3-5,8-9,14-15H,6-7,10-11H2,1-2H3,(H,20,23)(H,25,26)/p-1/t14-,15-/m0/s1. The maximum Gasteiger partial charge on any atom is 0.295 e. The van der Waals surface area contributed by atoms with E-state index in [2.05, 4.69) is 5.32 Å². The van der Waals surface area contributed by atoms with Crippen LogP contribution < -0.4 is 16.0 Å². The minimum absolute atomic E-state index is 0.184. The molecule has 1 aliphatic rings. The summed E-state index contributed by atoms with van der Waals surface area (Å²) < 4.78 is 3.15. The molecule has 2 aromatic rings. The smallest absolute Gasteiger partial charge is 0.295 e. The number of carboxylic acids is 1. The molecule has 7 heteroatoms. The maximum atomic E-state index is 12.8. The first kappa shape index (κ1) is 18.0. The topological polar surface area (TPSA) is 96.2 Å². The summed E-state index contributed by atoms with van der Waals surface area (Å²) in [6.45, 7) is 1.74. The molecular weight excluding hydrogens is 334 g/mol. The van der Waals surface area contributed by atoms with Gasteiger partial charge in [-0.3, -0.25) is 14.3 Å². The Bertz CT molecular complexity index is 882. The zero-order chi connectivity index (χ0) is 18.8. The third-order valence-corrected chi connectivity index (χ3v) is 5.21. The molecule has 1 aliphatic carbocycles. The summed E-state index contributed by atoms with van der Waals surface area (Å²) in [6, 6.07) is 9.12. The zero-order valence-electron chi connectivity index (χ0n) is 14.9. The largest absolute Gasteiger partial charge is 0.550 e. The molecule has 7 nitrogen and oxygen atoms in total. The van der Waals surface area contributed by atoms with E-state index in [9.17, 15) is 19.5 Å². The predicted molar refractivity (Wildman–Crippen MR) is 94.8 cm³/mol. The lowest BCUT2D eigenvalue weighted by Crippen LogP contribution is -2.42. The number of amides is 1. The number of benzene rings is 1. The van der Waals surface area contributed by atoms with Crippen LogP contribution in [0.5, 0.6) is 0 Å². The van der Waals surface area contributed by atoms with Crippen molar-refractivity contribution in [2.45, 2.75) is 32.6 Å². The average Bonchev–Trinajstić information content (AvgIpc) is 2.85. The van der Waals surface area contributed by atoms with Gasteiger partial charge in [-0.25, -0.2) is 4.68 Å². The summed E-state index contributed by atoms with van der Waals surface area (Å²) in [7, 11) is 1.74. The van der Waals surface area contributed by atoms with Crippen molar-refractivity contribution in [2.24, 2.45) is 18.9 Å². The highest BCUT2D eigenvalue weighted by Crippen LogP contribution is 2.30. The van der Waals surface area contributed by atoms with Crippen LogP contribution >= 0.6 is 0 Å². The van der Waals surface area contributed by atoms with Crippen molar-refractivity contribution in [1.82, 2.24) is 9.36 Å². The number of rotatable bonds is 4. The molecule has 0 unspecified atom stereocenters. The van der Waals surface area contributed by atoms with Gasteiger partial charge in [-0.1, -0.05) is 31.0 Å². The Morgan fingerprint density at radius 2 is 1.73 bits per heavy atom. The fraction of sp³-hybridized carbons (Fsp3) is 0.421. The van der Waals surface area contributed by atoms with E-state index in [1.807, 2.05) is 18.2 Å². The number of carbonyl (C=O) groups is 2. The van der Waals surface area contributed by atoms with Gasteiger partial charge in [0.05, 0.1) is 11.4 Å². The Kier molecular flexibility index (Phi) is 4.97. The van der Waals surface area contributed by atoms with Gasteiger partial charge in [0.1, 0.15) is 5.69 Å². The van der Waals surface area contributed by atoms with Crippen LogP contribution in [-0.4, -0.2) is 21.2 Å². The van der Waals surface area contributed by atoms with Crippen LogP contribution in [-0.2, 0) is 16.6 Å². The van der Waals surface area contributed by atoms with Crippen molar-refractivity contribution in [3.63, 3.8) is 0 Å². The van der Waals surface area contributed by atoms with E-state index in [-0.39, 0.29) is 11.2 Å². The highest BCUT2D eigenvalue weighted by molar-refractivity contribution is 5.95. The van der Waals surface area contributed by atoms with E-state index in [0.717, 1.165) is 12.8 Å². The first-order valence-corrected chi connectivity index (χ1v) is 8.77. The number of hydrogen-bond donors (Lipinski definition) is 1. The molecule has 1 N–H and O–H groups in total. The SMILES string of the molecule is Cc1c(NC(=O)[C@H]2CCCC[C@@H]2C(=O)[O-])c(=O)n(-c2ccccc2)n1C. The van der Waals surface area contributed by atoms with Gasteiger partial charge < -0.3 is 15.2 Å². The van der Waals surface area contributed by atoms with Gasteiger partial charge in [0.25, 0.3) is 5.56 Å². The number of nitrogens with one attached hydrogen (secondary N) is 1. The van der Waals surface area contributed by atoms with Crippen LogP contribution in [0.1, 0.15) is 31.4 Å². The van der Waals surface area contributed by atoms with Crippen LogP contribution in [0.2, 0.25) is 0 Å². The van der Waals surface area contributed by atoms with Gasteiger partial charge in [0.2, 0.25) is 5.91 Å². The molecule has 0 aliphatic heterocycles. The van der Waals surface area contributed by atoms with Crippen LogP contribution in [0.25, 0.3) is 5.69 Å². The molecule has 1 amide bonds. The van der Waals surface area contributed by atoms with Crippen molar-refractivity contribution in [3.05, 3.63) is 46.4 Å². The summed E-state index contributed by atoms with van der Waals surface area (Å²) >= 11 is 0. The van der Waals surface area contributed by atoms with Crippen LogP contribution in [0.4, 0.5) is 5.69 Å². The molecular formula is C19H22N3O4-. The lowest BCUT2D eigenvalue weighted by molar-refractivity contribution is -0.313. The highest BCUT2D eigenvalue weighted by Gasteiger charge is 2.33. The second-order valence-corrected chi connectivity index (χ2v) is 6.74. The van der Waals surface area contributed by atoms with Crippen LogP contribution in [0.3, 0.4) is 0 Å².